The summed E-state index contributed by atoms with van der Waals surface area (Å²) in [6, 6.07) is 17.4. The molecule has 0 unspecified atom stereocenters. The molecule has 21 nitrogen and oxygen atoms in total. The summed E-state index contributed by atoms with van der Waals surface area (Å²) < 4.78 is 104. The maximum absolute atomic E-state index is 11.9. The molecule has 0 amide bonds. The van der Waals surface area contributed by atoms with Gasteiger partial charge in [0.2, 0.25) is 0 Å². The third kappa shape index (κ3) is 9.74. The van der Waals surface area contributed by atoms with Crippen LogP contribution in [0.2, 0.25) is 0 Å². The van der Waals surface area contributed by atoms with Gasteiger partial charge in [-0.3, -0.25) is 23.8 Å². The molecule has 0 atom stereocenters. The van der Waals surface area contributed by atoms with Crippen molar-refractivity contribution in [2.75, 3.05) is 17.7 Å². The molecule has 294 valence electrons. The zero-order valence-corrected chi connectivity index (χ0v) is 31.8. The van der Waals surface area contributed by atoms with Crippen LogP contribution < -0.4 is 15.4 Å². The standard InChI is InChI=1S/C33H27N9O12S3/c1-18-14-28(29(54-3)16-27(18)39-38-26-13-8-22(42(43)44)15-30(26)57(51,52)53)40-41-31-19(2)25(17-34)32(35-20-4-9-23(10-5-20)55(45,46)47)37-33(31)36-21-6-11-24(12-7-21)56(48,49)50/h4-16H,1-3H3,(H2,35,36,37)(H,45,46,47)(H,48,49,50)(H,51,52,53)/b39-38+,41-40+. The molecule has 0 aliphatic carbocycles. The number of nitrogens with one attached hydrogen (secondary N) is 2. The van der Waals surface area contributed by atoms with Gasteiger partial charge in [-0.05, 0) is 80.1 Å². The van der Waals surface area contributed by atoms with Crippen LogP contribution in [-0.2, 0) is 30.4 Å². The number of non-ortho nitro benzene ring substituents is 1. The van der Waals surface area contributed by atoms with E-state index in [1.165, 1.54) is 43.5 Å². The second kappa shape index (κ2) is 16.2. The summed E-state index contributed by atoms with van der Waals surface area (Å²) in [5.41, 5.74) is 0.502. The lowest BCUT2D eigenvalue weighted by Crippen LogP contribution is -2.05. The molecule has 24 heteroatoms. The summed E-state index contributed by atoms with van der Waals surface area (Å²) in [5, 5.41) is 43.8. The van der Waals surface area contributed by atoms with Gasteiger partial charge in [0, 0.05) is 35.1 Å². The van der Waals surface area contributed by atoms with E-state index in [0.717, 1.165) is 36.4 Å². The third-order valence-corrected chi connectivity index (χ3v) is 10.4. The molecule has 0 radical (unpaired) electrons. The number of methoxy groups -OCH3 is 1. The van der Waals surface area contributed by atoms with Gasteiger partial charge in [0.1, 0.15) is 33.8 Å². The number of ether oxygens (including phenoxy) is 1. The van der Waals surface area contributed by atoms with Crippen molar-refractivity contribution in [3.63, 3.8) is 0 Å². The van der Waals surface area contributed by atoms with Crippen LogP contribution in [0.25, 0.3) is 0 Å². The van der Waals surface area contributed by atoms with Crippen molar-refractivity contribution in [2.45, 2.75) is 28.5 Å². The second-order valence-corrected chi connectivity index (χ2v) is 15.8. The Hall–Kier alpha value is -6.75. The van der Waals surface area contributed by atoms with Crippen molar-refractivity contribution in [1.29, 1.82) is 5.26 Å². The van der Waals surface area contributed by atoms with Gasteiger partial charge in [-0.25, -0.2) is 4.98 Å². The first-order valence-electron chi connectivity index (χ1n) is 15.6. The summed E-state index contributed by atoms with van der Waals surface area (Å²) in [4.78, 5) is 13.2. The highest BCUT2D eigenvalue weighted by Gasteiger charge is 2.22. The van der Waals surface area contributed by atoms with Crippen LogP contribution in [0, 0.1) is 35.3 Å². The van der Waals surface area contributed by atoms with Crippen LogP contribution in [0.1, 0.15) is 16.7 Å². The Kier molecular flexibility index (Phi) is 11.7. The summed E-state index contributed by atoms with van der Waals surface area (Å²) in [7, 11) is -12.6. The Balaban J connectivity index is 1.57. The van der Waals surface area contributed by atoms with Crippen molar-refractivity contribution in [3.05, 3.63) is 106 Å². The highest BCUT2D eigenvalue weighted by Crippen LogP contribution is 2.41. The van der Waals surface area contributed by atoms with Crippen molar-refractivity contribution in [1.82, 2.24) is 4.98 Å². The van der Waals surface area contributed by atoms with E-state index in [4.69, 9.17) is 4.74 Å². The van der Waals surface area contributed by atoms with E-state index in [2.05, 4.69) is 36.1 Å². The van der Waals surface area contributed by atoms with Gasteiger partial charge in [0.15, 0.2) is 11.6 Å². The maximum atomic E-state index is 11.9. The first kappa shape index (κ1) is 41.4. The molecule has 0 spiro atoms. The molecule has 57 heavy (non-hydrogen) atoms. The monoisotopic (exact) mass is 837 g/mol. The minimum atomic E-state index is -4.93. The number of benzene rings is 4. The number of aryl methyl sites for hydroxylation is 1. The van der Waals surface area contributed by atoms with Gasteiger partial charge < -0.3 is 15.4 Å². The molecule has 0 saturated carbocycles. The summed E-state index contributed by atoms with van der Waals surface area (Å²) in [6.45, 7) is 3.14. The van der Waals surface area contributed by atoms with E-state index in [-0.39, 0.29) is 72.4 Å². The molecule has 0 aliphatic heterocycles. The maximum Gasteiger partial charge on any atom is 0.297 e. The Bertz CT molecular complexity index is 2860. The molecule has 0 fully saturated rings. The molecule has 0 aliphatic rings. The van der Waals surface area contributed by atoms with Gasteiger partial charge in [-0.2, -0.15) is 35.6 Å². The number of nitro groups is 1. The van der Waals surface area contributed by atoms with Gasteiger partial charge in [0.05, 0.1) is 33.1 Å². The van der Waals surface area contributed by atoms with E-state index in [0.29, 0.717) is 11.6 Å². The van der Waals surface area contributed by atoms with E-state index in [9.17, 15) is 54.3 Å². The van der Waals surface area contributed by atoms with Gasteiger partial charge in [-0.1, -0.05) is 0 Å². The van der Waals surface area contributed by atoms with Crippen LogP contribution >= 0.6 is 0 Å². The minimum Gasteiger partial charge on any atom is -0.494 e. The number of rotatable bonds is 13. The lowest BCUT2D eigenvalue weighted by atomic mass is 10.1. The fourth-order valence-corrected chi connectivity index (χ4v) is 6.56. The Morgan fingerprint density at radius 1 is 0.719 bits per heavy atom. The van der Waals surface area contributed by atoms with Crippen LogP contribution in [0.15, 0.2) is 114 Å². The molecular weight excluding hydrogens is 811 g/mol. The van der Waals surface area contributed by atoms with Gasteiger partial charge >= 0.3 is 0 Å². The van der Waals surface area contributed by atoms with E-state index >= 15 is 0 Å². The number of pyridine rings is 1. The van der Waals surface area contributed by atoms with Crippen LogP contribution in [0.4, 0.5) is 51.4 Å². The summed E-state index contributed by atoms with van der Waals surface area (Å²) >= 11 is 0. The minimum absolute atomic E-state index is 0.00856. The van der Waals surface area contributed by atoms with Crippen molar-refractivity contribution in [2.24, 2.45) is 20.5 Å². The topological polar surface area (TPSA) is 326 Å². The Morgan fingerprint density at radius 3 is 1.74 bits per heavy atom. The molecule has 5 aromatic rings. The van der Waals surface area contributed by atoms with Gasteiger partial charge in [0.25, 0.3) is 36.0 Å². The number of azo groups is 2. The largest absolute Gasteiger partial charge is 0.494 e. The number of hydrogen-bond donors (Lipinski definition) is 5. The fraction of sp³-hybridized carbons (Fsp3) is 0.0909. The molecule has 1 heterocycles. The first-order chi connectivity index (χ1) is 26.7. The molecule has 0 saturated heterocycles. The number of hydrogen-bond acceptors (Lipinski definition) is 17. The zero-order valence-electron chi connectivity index (χ0n) is 29.4. The predicted molar refractivity (Wildman–Crippen MR) is 202 cm³/mol. The smallest absolute Gasteiger partial charge is 0.297 e. The number of nitrogens with zero attached hydrogens (tertiary/aromatic N) is 7. The molecule has 0 bridgehead atoms. The number of aromatic nitrogens is 1. The molecule has 4 aromatic carbocycles. The van der Waals surface area contributed by atoms with E-state index in [1.807, 2.05) is 6.07 Å². The molecule has 5 rings (SSSR count). The normalized spacial score (nSPS) is 12.1. The average Bonchev–Trinajstić information content (AvgIpc) is 3.13. The van der Waals surface area contributed by atoms with Crippen LogP contribution in [-0.4, -0.2) is 55.9 Å². The van der Waals surface area contributed by atoms with Crippen molar-refractivity contribution >= 4 is 81.8 Å². The van der Waals surface area contributed by atoms with Crippen LogP contribution in [0.5, 0.6) is 5.75 Å². The molecular formula is C33H27N9O12S3. The number of nitriles is 1. The number of anilines is 4. The fourth-order valence-electron chi connectivity index (χ4n) is 4.95. The highest BCUT2D eigenvalue weighted by molar-refractivity contribution is 7.86. The summed E-state index contributed by atoms with van der Waals surface area (Å²) in [6.07, 6.45) is 0. The van der Waals surface area contributed by atoms with E-state index < -0.39 is 45.9 Å². The number of nitro benzene ring substituents is 1. The predicted octanol–water partition coefficient (Wildman–Crippen LogP) is 7.55. The quantitative estimate of drug-likeness (QED) is 0.0331. The Morgan fingerprint density at radius 2 is 1.25 bits per heavy atom. The first-order valence-corrected chi connectivity index (χ1v) is 19.9. The van der Waals surface area contributed by atoms with Gasteiger partial charge in [-0.15, -0.1) is 15.3 Å². The lowest BCUT2D eigenvalue weighted by molar-refractivity contribution is -0.385. The lowest BCUT2D eigenvalue weighted by Gasteiger charge is -2.16. The van der Waals surface area contributed by atoms with E-state index in [1.54, 1.807) is 13.8 Å². The summed E-state index contributed by atoms with van der Waals surface area (Å²) in [5.74, 6) is 0.0646. The second-order valence-electron chi connectivity index (χ2n) is 11.6. The van der Waals surface area contributed by atoms with Crippen molar-refractivity contribution in [3.8, 4) is 11.8 Å². The van der Waals surface area contributed by atoms with Crippen LogP contribution in [0.3, 0.4) is 0 Å². The van der Waals surface area contributed by atoms with Crippen molar-refractivity contribution < 1.29 is 48.6 Å². The zero-order chi connectivity index (χ0) is 41.9. The highest BCUT2D eigenvalue weighted by atomic mass is 32.2. The SMILES string of the molecule is COc1cc(/N=N/c2ccc([N+](=O)[O-])cc2S(=O)(=O)O)c(C)cc1/N=N/c1c(Nc2ccc(S(=O)(=O)O)cc2)nc(Nc2ccc(S(=O)(=O)O)cc2)c(C#N)c1C. The third-order valence-electron chi connectivity index (χ3n) is 7.81. The Labute approximate surface area is 323 Å². The molecule has 1 aromatic heterocycles. The molecule has 5 N–H and O–H groups in total. The average molecular weight is 838 g/mol.